The van der Waals surface area contributed by atoms with Gasteiger partial charge >= 0.3 is 0 Å². The van der Waals surface area contributed by atoms with E-state index in [1.165, 1.54) is 5.56 Å². The first-order valence-electron chi connectivity index (χ1n) is 8.33. The van der Waals surface area contributed by atoms with Crippen LogP contribution in [0.25, 0.3) is 10.9 Å². The number of aryl methyl sites for hydroxylation is 1. The average Bonchev–Trinajstić information content (AvgIpc) is 3.24. The van der Waals surface area contributed by atoms with E-state index in [1.54, 1.807) is 0 Å². The maximum absolute atomic E-state index is 5.49. The van der Waals surface area contributed by atoms with Gasteiger partial charge in [0.2, 0.25) is 5.89 Å². The summed E-state index contributed by atoms with van der Waals surface area (Å²) in [4.78, 5) is 4.44. The lowest BCUT2D eigenvalue weighted by Crippen LogP contribution is -2.32. The molecule has 0 spiro atoms. The molecule has 1 aliphatic rings. The van der Waals surface area contributed by atoms with Gasteiger partial charge in [0.05, 0.1) is 17.8 Å². The van der Waals surface area contributed by atoms with Crippen molar-refractivity contribution in [2.75, 3.05) is 13.2 Å². The van der Waals surface area contributed by atoms with Crippen LogP contribution >= 0.6 is 0 Å². The van der Waals surface area contributed by atoms with Gasteiger partial charge in [0.15, 0.2) is 5.82 Å². The molecule has 2 N–H and O–H groups in total. The number of hydrogen-bond acceptors (Lipinski definition) is 6. The fourth-order valence-electron chi connectivity index (χ4n) is 3.27. The molecule has 0 amide bonds. The van der Waals surface area contributed by atoms with Crippen molar-refractivity contribution in [2.45, 2.75) is 32.4 Å². The van der Waals surface area contributed by atoms with E-state index in [1.807, 2.05) is 13.1 Å². The van der Waals surface area contributed by atoms with Crippen LogP contribution in [0.4, 0.5) is 0 Å². The Balaban J connectivity index is 1.52. The summed E-state index contributed by atoms with van der Waals surface area (Å²) in [7, 11) is 0. The van der Waals surface area contributed by atoms with Gasteiger partial charge in [0.25, 0.3) is 0 Å². The van der Waals surface area contributed by atoms with Crippen molar-refractivity contribution in [3.63, 3.8) is 0 Å². The summed E-state index contributed by atoms with van der Waals surface area (Å²) in [5.41, 5.74) is 2.24. The van der Waals surface area contributed by atoms with Crippen LogP contribution in [0.1, 0.15) is 36.2 Å². The number of fused-ring (bicyclic) bond motifs is 1. The van der Waals surface area contributed by atoms with E-state index in [4.69, 9.17) is 9.26 Å². The summed E-state index contributed by atoms with van der Waals surface area (Å²) < 4.78 is 10.9. The minimum atomic E-state index is 0.0487. The fraction of sp³-hybridized carbons (Fsp3) is 0.471. The molecule has 1 fully saturated rings. The van der Waals surface area contributed by atoms with Gasteiger partial charge in [-0.3, -0.25) is 5.10 Å². The average molecular weight is 327 g/mol. The monoisotopic (exact) mass is 327 g/mol. The maximum Gasteiger partial charge on any atom is 0.244 e. The van der Waals surface area contributed by atoms with Crippen LogP contribution in [-0.4, -0.2) is 33.6 Å². The van der Waals surface area contributed by atoms with Crippen LogP contribution in [-0.2, 0) is 11.3 Å². The molecule has 3 heterocycles. The van der Waals surface area contributed by atoms with Gasteiger partial charge in [-0.15, -0.1) is 0 Å². The molecule has 1 unspecified atom stereocenters. The van der Waals surface area contributed by atoms with Crippen molar-refractivity contribution in [3.05, 3.63) is 41.7 Å². The van der Waals surface area contributed by atoms with E-state index in [0.29, 0.717) is 17.6 Å². The lowest BCUT2D eigenvalue weighted by molar-refractivity contribution is 0.0485. The quantitative estimate of drug-likeness (QED) is 0.748. The number of H-pyrrole nitrogens is 1. The highest BCUT2D eigenvalue weighted by Gasteiger charge is 2.29. The smallest absolute Gasteiger partial charge is 0.244 e. The first-order chi connectivity index (χ1) is 11.8. The zero-order valence-corrected chi connectivity index (χ0v) is 13.7. The molecule has 1 aliphatic heterocycles. The van der Waals surface area contributed by atoms with Crippen molar-refractivity contribution in [3.8, 4) is 0 Å². The normalized spacial score (nSPS) is 17.4. The van der Waals surface area contributed by atoms with Crippen LogP contribution in [0.15, 0.2) is 28.9 Å². The Bertz CT molecular complexity index is 806. The number of benzene rings is 1. The molecule has 3 aromatic rings. The van der Waals surface area contributed by atoms with E-state index in [9.17, 15) is 0 Å². The summed E-state index contributed by atoms with van der Waals surface area (Å²) in [6.07, 6.45) is 3.83. The third-order valence-corrected chi connectivity index (χ3v) is 4.58. The molecule has 7 nitrogen and oxygen atoms in total. The lowest BCUT2D eigenvalue weighted by atomic mass is 9.91. The molecule has 1 saturated heterocycles. The molecule has 2 aromatic heterocycles. The molecular weight excluding hydrogens is 306 g/mol. The Morgan fingerprint density at radius 3 is 3.00 bits per heavy atom. The number of nitrogens with one attached hydrogen (secondary N) is 2. The number of rotatable bonds is 5. The molecule has 1 aromatic carbocycles. The summed E-state index contributed by atoms with van der Waals surface area (Å²) in [5, 5.41) is 15.8. The van der Waals surface area contributed by atoms with Crippen molar-refractivity contribution >= 4 is 10.9 Å². The minimum absolute atomic E-state index is 0.0487. The molecule has 7 heteroatoms. The second-order valence-electron chi connectivity index (χ2n) is 6.28. The second kappa shape index (κ2) is 6.70. The number of aromatic nitrogens is 4. The summed E-state index contributed by atoms with van der Waals surface area (Å²) in [6.45, 7) is 4.16. The van der Waals surface area contributed by atoms with Crippen molar-refractivity contribution < 1.29 is 9.26 Å². The Morgan fingerprint density at radius 1 is 1.33 bits per heavy atom. The third-order valence-electron chi connectivity index (χ3n) is 4.58. The summed E-state index contributed by atoms with van der Waals surface area (Å²) >= 11 is 0. The third kappa shape index (κ3) is 3.18. The van der Waals surface area contributed by atoms with Gasteiger partial charge in [0, 0.05) is 25.1 Å². The largest absolute Gasteiger partial charge is 0.381 e. The van der Waals surface area contributed by atoms with Crippen molar-refractivity contribution in [2.24, 2.45) is 5.92 Å². The first-order valence-corrected chi connectivity index (χ1v) is 8.33. The van der Waals surface area contributed by atoms with Gasteiger partial charge in [-0.05, 0) is 37.3 Å². The highest BCUT2D eigenvalue weighted by molar-refractivity contribution is 5.78. The first kappa shape index (κ1) is 15.3. The molecule has 4 rings (SSSR count). The zero-order chi connectivity index (χ0) is 16.4. The molecule has 1 atom stereocenters. The Morgan fingerprint density at radius 2 is 2.21 bits per heavy atom. The van der Waals surface area contributed by atoms with Crippen molar-refractivity contribution in [1.29, 1.82) is 0 Å². The molecular formula is C17H21N5O2. The molecule has 0 aliphatic carbocycles. The van der Waals surface area contributed by atoms with Crippen molar-refractivity contribution in [1.82, 2.24) is 25.7 Å². The minimum Gasteiger partial charge on any atom is -0.381 e. The topological polar surface area (TPSA) is 88.9 Å². The molecule has 126 valence electrons. The van der Waals surface area contributed by atoms with Gasteiger partial charge in [-0.2, -0.15) is 10.1 Å². The van der Waals surface area contributed by atoms with E-state index >= 15 is 0 Å². The Hall–Kier alpha value is -2.25. The predicted molar refractivity (Wildman–Crippen MR) is 88.3 cm³/mol. The molecule has 0 saturated carbocycles. The molecule has 0 radical (unpaired) electrons. The van der Waals surface area contributed by atoms with E-state index in [0.717, 1.165) is 43.5 Å². The van der Waals surface area contributed by atoms with E-state index < -0.39 is 0 Å². The van der Waals surface area contributed by atoms with Crippen LogP contribution in [0.3, 0.4) is 0 Å². The predicted octanol–water partition coefficient (Wildman–Crippen LogP) is 2.51. The maximum atomic E-state index is 5.49. The lowest BCUT2D eigenvalue weighted by Gasteiger charge is -2.28. The summed E-state index contributed by atoms with van der Waals surface area (Å²) in [6, 6.07) is 6.36. The highest BCUT2D eigenvalue weighted by Crippen LogP contribution is 2.29. The number of nitrogens with zero attached hydrogens (tertiary/aromatic N) is 3. The zero-order valence-electron chi connectivity index (χ0n) is 13.7. The van der Waals surface area contributed by atoms with Crippen LogP contribution in [0.2, 0.25) is 0 Å². The highest BCUT2D eigenvalue weighted by atomic mass is 16.5. The Kier molecular flexibility index (Phi) is 4.27. The second-order valence-corrected chi connectivity index (χ2v) is 6.28. The fourth-order valence-corrected chi connectivity index (χ4v) is 3.27. The van der Waals surface area contributed by atoms with E-state index in [2.05, 4.69) is 43.9 Å². The van der Waals surface area contributed by atoms with Crippen LogP contribution < -0.4 is 5.32 Å². The Labute approximate surface area is 139 Å². The number of aromatic amines is 1. The van der Waals surface area contributed by atoms with Crippen LogP contribution in [0.5, 0.6) is 0 Å². The van der Waals surface area contributed by atoms with Crippen LogP contribution in [0, 0.1) is 12.8 Å². The molecule has 0 bridgehead atoms. The van der Waals surface area contributed by atoms with Gasteiger partial charge in [0.1, 0.15) is 0 Å². The summed E-state index contributed by atoms with van der Waals surface area (Å²) in [5.74, 6) is 1.78. The number of ether oxygens (including phenoxy) is 1. The van der Waals surface area contributed by atoms with E-state index in [-0.39, 0.29) is 6.04 Å². The SMILES string of the molecule is Cc1noc(C(NCc2ccc3cn[nH]c3c2)C2CCOCC2)n1. The van der Waals surface area contributed by atoms with Gasteiger partial charge in [-0.1, -0.05) is 17.3 Å². The molecule has 24 heavy (non-hydrogen) atoms. The number of hydrogen-bond donors (Lipinski definition) is 2. The van der Waals surface area contributed by atoms with Gasteiger partial charge < -0.3 is 14.6 Å². The standard InChI is InChI=1S/C17H21N5O2/c1-11-20-17(24-22-11)16(13-4-6-23-7-5-13)18-9-12-2-3-14-10-19-21-15(14)8-12/h2-3,8,10,13,16,18H,4-7,9H2,1H3,(H,19,21). The van der Waals surface area contributed by atoms with Gasteiger partial charge in [-0.25, -0.2) is 0 Å².